The lowest BCUT2D eigenvalue weighted by Crippen LogP contribution is -2.65. The Hall–Kier alpha value is -5.68. The minimum Gasteiger partial charge on any atom is -0.508 e. The molecule has 0 saturated carbocycles. The van der Waals surface area contributed by atoms with E-state index in [4.69, 9.17) is 42.3 Å². The number of hydrogen-bond acceptors (Lipinski definition) is 24. The van der Waals surface area contributed by atoms with Crippen molar-refractivity contribution in [2.75, 3.05) is 26.9 Å². The summed E-state index contributed by atoms with van der Waals surface area (Å²) in [5, 5.41) is 135. The van der Waals surface area contributed by atoms with Crippen LogP contribution in [0.3, 0.4) is 0 Å². The summed E-state index contributed by atoms with van der Waals surface area (Å²) >= 11 is 0. The normalized spacial score (nSPS) is 32.3. The molecule has 24 nitrogen and oxygen atoms in total. The van der Waals surface area contributed by atoms with Gasteiger partial charge in [0.15, 0.2) is 29.7 Å². The quantitative estimate of drug-likeness (QED) is 0.0443. The molecule has 15 atom stereocenters. The number of hydrogen-bond donors (Lipinski definition) is 13. The maximum atomic E-state index is 14.3. The summed E-state index contributed by atoms with van der Waals surface area (Å²) in [6.07, 6.45) is -24.8. The molecule has 3 aliphatic heterocycles. The van der Waals surface area contributed by atoms with Crippen molar-refractivity contribution in [2.24, 2.45) is 0 Å². The van der Waals surface area contributed by atoms with Crippen LogP contribution < -0.4 is 19.6 Å². The van der Waals surface area contributed by atoms with E-state index in [1.807, 2.05) is 0 Å². The Morgan fingerprint density at radius 3 is 1.93 bits per heavy atom. The van der Waals surface area contributed by atoms with E-state index >= 15 is 0 Å². The molecule has 3 fully saturated rings. The van der Waals surface area contributed by atoms with Crippen LogP contribution in [0.1, 0.15) is 5.56 Å². The smallest absolute Gasteiger partial charge is 0.331 e. The van der Waals surface area contributed by atoms with Crippen molar-refractivity contribution in [1.82, 2.24) is 0 Å². The first kappa shape index (κ1) is 49.2. The number of rotatable bonds is 14. The Kier molecular flexibility index (Phi) is 15.2. The van der Waals surface area contributed by atoms with Gasteiger partial charge in [0.25, 0.3) is 0 Å². The van der Waals surface area contributed by atoms with Crippen LogP contribution >= 0.6 is 0 Å². The molecule has 24 heteroatoms. The Balaban J connectivity index is 1.18. The number of carbonyl (C=O) groups is 1. The minimum atomic E-state index is -2.12. The number of fused-ring (bicyclic) bond motifs is 1. The van der Waals surface area contributed by atoms with Gasteiger partial charge in [-0.05, 0) is 48.0 Å². The van der Waals surface area contributed by atoms with Crippen LogP contribution in [0, 0.1) is 0 Å². The molecule has 67 heavy (non-hydrogen) atoms. The van der Waals surface area contributed by atoms with Crippen molar-refractivity contribution >= 4 is 23.0 Å². The molecule has 4 heterocycles. The van der Waals surface area contributed by atoms with Crippen LogP contribution in [-0.2, 0) is 28.5 Å². The number of ether oxygens (including phenoxy) is 8. The van der Waals surface area contributed by atoms with Gasteiger partial charge in [0.1, 0.15) is 95.4 Å². The third kappa shape index (κ3) is 10.1. The summed E-state index contributed by atoms with van der Waals surface area (Å²) in [5.41, 5.74) is -1.07. The largest absolute Gasteiger partial charge is 0.508 e. The van der Waals surface area contributed by atoms with Gasteiger partial charge >= 0.3 is 5.97 Å². The molecule has 15 unspecified atom stereocenters. The molecule has 4 aromatic rings. The van der Waals surface area contributed by atoms with Gasteiger partial charge < -0.3 is 109 Å². The highest BCUT2D eigenvalue weighted by atomic mass is 16.7. The standard InChI is InChI=1S/C43H48O24/c1-59-22-10-16(2-8-20(22)48)3-9-27(50)65-40-33(55)30(52)25(14-45)63-43(40)60-19-11-21(49)28-23(12-19)61-37(17-4-6-18(47)7-5-17)39(31(28)53)67-42-36(58)34(56)38(26(15-46)64-42)66-41-35(57)32(54)29(51)24(13-44)62-41/h2-12,24-26,29-30,32-36,38,40-49,51-52,54-58H,13-15H2,1H3. The number of aliphatic hydroxyl groups is 10. The van der Waals surface area contributed by atoms with E-state index in [1.54, 1.807) is 0 Å². The van der Waals surface area contributed by atoms with Gasteiger partial charge in [-0.3, -0.25) is 4.79 Å². The summed E-state index contributed by atoms with van der Waals surface area (Å²) in [5.74, 6) is -3.66. The summed E-state index contributed by atoms with van der Waals surface area (Å²) < 4.78 is 50.6. The fourth-order valence-corrected chi connectivity index (χ4v) is 7.55. The number of benzene rings is 3. The summed E-state index contributed by atoms with van der Waals surface area (Å²) in [4.78, 5) is 27.4. The number of aliphatic hydroxyl groups excluding tert-OH is 10. The third-order valence-electron chi connectivity index (χ3n) is 11.2. The average Bonchev–Trinajstić information content (AvgIpc) is 3.31. The van der Waals surface area contributed by atoms with E-state index in [9.17, 15) is 76.0 Å². The number of phenols is 3. The zero-order valence-corrected chi connectivity index (χ0v) is 34.9. The zero-order valence-electron chi connectivity index (χ0n) is 34.9. The SMILES string of the molecule is COc1cc(C=CC(=O)OC2C(Oc3cc(O)c4c(=O)c(OC5OC(CO)C(OC6OC(CO)C(O)C(O)C6O)C(O)C5O)c(-c5ccc(O)cc5)oc4c3)OC(CO)C(O)C2O)ccc1O. The lowest BCUT2D eigenvalue weighted by molar-refractivity contribution is -0.352. The van der Waals surface area contributed by atoms with E-state index < -0.39 is 152 Å². The molecule has 3 saturated heterocycles. The lowest BCUT2D eigenvalue weighted by Gasteiger charge is -2.45. The van der Waals surface area contributed by atoms with E-state index in [0.717, 1.165) is 18.2 Å². The van der Waals surface area contributed by atoms with Crippen LogP contribution in [0.15, 0.2) is 69.9 Å². The van der Waals surface area contributed by atoms with Gasteiger partial charge in [-0.15, -0.1) is 0 Å². The highest BCUT2D eigenvalue weighted by Gasteiger charge is 2.52. The monoisotopic (exact) mass is 948 g/mol. The van der Waals surface area contributed by atoms with Crippen molar-refractivity contribution in [1.29, 1.82) is 0 Å². The maximum absolute atomic E-state index is 14.3. The fourth-order valence-electron chi connectivity index (χ4n) is 7.55. The van der Waals surface area contributed by atoms with Crippen LogP contribution in [0.2, 0.25) is 0 Å². The predicted octanol–water partition coefficient (Wildman–Crippen LogP) is -2.97. The van der Waals surface area contributed by atoms with E-state index in [-0.39, 0.29) is 28.6 Å². The molecule has 3 aliphatic rings. The van der Waals surface area contributed by atoms with Gasteiger partial charge in [-0.25, -0.2) is 4.79 Å². The van der Waals surface area contributed by atoms with Crippen molar-refractivity contribution in [3.63, 3.8) is 0 Å². The van der Waals surface area contributed by atoms with Crippen LogP contribution in [0.25, 0.3) is 28.4 Å². The Morgan fingerprint density at radius 2 is 1.27 bits per heavy atom. The van der Waals surface area contributed by atoms with Gasteiger partial charge in [-0.1, -0.05) is 6.07 Å². The second-order valence-electron chi connectivity index (χ2n) is 15.6. The van der Waals surface area contributed by atoms with Crippen LogP contribution in [-0.4, -0.2) is 191 Å². The Morgan fingerprint density at radius 1 is 0.657 bits per heavy atom. The number of methoxy groups -OCH3 is 1. The van der Waals surface area contributed by atoms with Crippen molar-refractivity contribution in [3.8, 4) is 45.8 Å². The van der Waals surface area contributed by atoms with Gasteiger partial charge in [-0.2, -0.15) is 0 Å². The number of phenolic OH excluding ortho intramolecular Hbond substituents is 3. The molecule has 0 spiro atoms. The molecule has 0 aliphatic carbocycles. The summed E-state index contributed by atoms with van der Waals surface area (Å²) in [6.45, 7) is -2.59. The second kappa shape index (κ2) is 20.7. The molecular weight excluding hydrogens is 900 g/mol. The molecule has 7 rings (SSSR count). The highest BCUT2D eigenvalue weighted by molar-refractivity contribution is 5.89. The van der Waals surface area contributed by atoms with Crippen molar-refractivity contribution < 1.29 is 113 Å². The number of aromatic hydroxyl groups is 3. The first-order chi connectivity index (χ1) is 32.0. The van der Waals surface area contributed by atoms with E-state index in [1.165, 1.54) is 55.7 Å². The summed E-state index contributed by atoms with van der Waals surface area (Å²) in [6, 6.07) is 11.2. The van der Waals surface area contributed by atoms with Gasteiger partial charge in [0.2, 0.25) is 23.8 Å². The lowest BCUT2D eigenvalue weighted by atomic mass is 9.97. The molecule has 0 bridgehead atoms. The average molecular weight is 949 g/mol. The molecule has 1 aromatic heterocycles. The Labute approximate surface area is 377 Å². The van der Waals surface area contributed by atoms with Crippen LogP contribution in [0.4, 0.5) is 0 Å². The van der Waals surface area contributed by atoms with Gasteiger partial charge in [0.05, 0.1) is 26.9 Å². The predicted molar refractivity (Wildman–Crippen MR) is 220 cm³/mol. The second-order valence-corrected chi connectivity index (χ2v) is 15.6. The molecule has 364 valence electrons. The first-order valence-electron chi connectivity index (χ1n) is 20.4. The summed E-state index contributed by atoms with van der Waals surface area (Å²) in [7, 11) is 1.32. The van der Waals surface area contributed by atoms with E-state index in [2.05, 4.69) is 0 Å². The van der Waals surface area contributed by atoms with Crippen LogP contribution in [0.5, 0.6) is 34.5 Å². The Bertz CT molecular complexity index is 2440. The van der Waals surface area contributed by atoms with E-state index in [0.29, 0.717) is 5.56 Å². The highest BCUT2D eigenvalue weighted by Crippen LogP contribution is 2.39. The molecule has 13 N–H and O–H groups in total. The zero-order chi connectivity index (χ0) is 48.4. The molecular formula is C43H48O24. The third-order valence-corrected chi connectivity index (χ3v) is 11.2. The van der Waals surface area contributed by atoms with Gasteiger partial charge in [0, 0.05) is 23.8 Å². The number of carbonyl (C=O) groups excluding carboxylic acids is 1. The fraction of sp³-hybridized carbons (Fsp3) is 0.442. The topological polar surface area (TPSA) is 384 Å². The van der Waals surface area contributed by atoms with Crippen molar-refractivity contribution in [3.05, 3.63) is 76.5 Å². The van der Waals surface area contributed by atoms with Crippen molar-refractivity contribution in [2.45, 2.75) is 92.1 Å². The molecule has 0 amide bonds. The molecule has 3 aromatic carbocycles. The first-order valence-corrected chi connectivity index (χ1v) is 20.4. The number of esters is 1. The minimum absolute atomic E-state index is 0.0512. The maximum Gasteiger partial charge on any atom is 0.331 e. The molecule has 0 radical (unpaired) electrons.